The smallest absolute Gasteiger partial charge is 0.269 e. The number of amides is 1. The van der Waals surface area contributed by atoms with Crippen molar-refractivity contribution < 1.29 is 9.72 Å². The highest BCUT2D eigenvalue weighted by Gasteiger charge is 2.10. The van der Waals surface area contributed by atoms with Crippen LogP contribution >= 0.6 is 0 Å². The number of nitro benzene ring substituents is 1. The average Bonchev–Trinajstić information content (AvgIpc) is 2.76. The molecule has 0 aliphatic heterocycles. The summed E-state index contributed by atoms with van der Waals surface area (Å²) in [4.78, 5) is 21.9. The van der Waals surface area contributed by atoms with E-state index in [-0.39, 0.29) is 18.1 Å². The monoisotopic (exact) mass is 275 g/mol. The number of aromatic nitrogens is 2. The van der Waals surface area contributed by atoms with Crippen LogP contribution in [0.2, 0.25) is 0 Å². The van der Waals surface area contributed by atoms with Gasteiger partial charge in [0.15, 0.2) is 0 Å². The number of nitrogen functional groups attached to an aromatic ring is 1. The number of benzene rings is 1. The van der Waals surface area contributed by atoms with Gasteiger partial charge in [0.05, 0.1) is 11.1 Å². The maximum atomic E-state index is 11.9. The van der Waals surface area contributed by atoms with E-state index in [0.717, 1.165) is 0 Å². The molecule has 0 radical (unpaired) electrons. The summed E-state index contributed by atoms with van der Waals surface area (Å²) in [6.45, 7) is 0.246. The molecule has 0 atom stereocenters. The van der Waals surface area contributed by atoms with Crippen LogP contribution in [0.25, 0.3) is 0 Å². The fourth-order valence-corrected chi connectivity index (χ4v) is 1.64. The number of hydrogen-bond acceptors (Lipinski definition) is 5. The summed E-state index contributed by atoms with van der Waals surface area (Å²) in [7, 11) is 1.71. The lowest BCUT2D eigenvalue weighted by Crippen LogP contribution is -2.23. The molecule has 104 valence electrons. The second-order valence-corrected chi connectivity index (χ2v) is 4.17. The van der Waals surface area contributed by atoms with Gasteiger partial charge in [0.1, 0.15) is 5.82 Å². The van der Waals surface area contributed by atoms with Gasteiger partial charge in [-0.15, -0.1) is 0 Å². The molecule has 0 bridgehead atoms. The van der Waals surface area contributed by atoms with Gasteiger partial charge < -0.3 is 11.1 Å². The van der Waals surface area contributed by atoms with Crippen molar-refractivity contribution in [3.05, 3.63) is 51.7 Å². The van der Waals surface area contributed by atoms with E-state index in [1.807, 2.05) is 0 Å². The van der Waals surface area contributed by atoms with E-state index in [2.05, 4.69) is 10.4 Å². The largest absolute Gasteiger partial charge is 0.384 e. The summed E-state index contributed by atoms with van der Waals surface area (Å²) < 4.78 is 1.51. The van der Waals surface area contributed by atoms with Crippen molar-refractivity contribution in [2.75, 3.05) is 5.73 Å². The van der Waals surface area contributed by atoms with Gasteiger partial charge >= 0.3 is 0 Å². The Kier molecular flexibility index (Phi) is 3.65. The molecule has 0 aliphatic carbocycles. The average molecular weight is 275 g/mol. The van der Waals surface area contributed by atoms with E-state index in [4.69, 9.17) is 5.73 Å². The lowest BCUT2D eigenvalue weighted by atomic mass is 10.2. The van der Waals surface area contributed by atoms with Crippen molar-refractivity contribution in [2.24, 2.45) is 7.05 Å². The highest BCUT2D eigenvalue weighted by atomic mass is 16.6. The van der Waals surface area contributed by atoms with Crippen molar-refractivity contribution in [2.45, 2.75) is 6.54 Å². The summed E-state index contributed by atoms with van der Waals surface area (Å²) in [5.41, 5.74) is 6.75. The van der Waals surface area contributed by atoms with Gasteiger partial charge in [0.2, 0.25) is 0 Å². The molecule has 1 amide bonds. The minimum Gasteiger partial charge on any atom is -0.384 e. The Bertz CT molecular complexity index is 648. The number of rotatable bonds is 4. The van der Waals surface area contributed by atoms with Crippen molar-refractivity contribution in [1.29, 1.82) is 0 Å². The van der Waals surface area contributed by atoms with Crippen LogP contribution in [0.15, 0.2) is 30.5 Å². The summed E-state index contributed by atoms with van der Waals surface area (Å²) >= 11 is 0. The molecule has 3 N–H and O–H groups in total. The number of nitro groups is 1. The minimum atomic E-state index is -0.516. The molecule has 1 aromatic carbocycles. The van der Waals surface area contributed by atoms with Crippen LogP contribution in [0.1, 0.15) is 15.9 Å². The third-order valence-electron chi connectivity index (χ3n) is 2.84. The van der Waals surface area contributed by atoms with Crippen LogP contribution in [0.4, 0.5) is 11.5 Å². The number of carbonyl (C=O) groups is 1. The van der Waals surface area contributed by atoms with Gasteiger partial charge in [-0.3, -0.25) is 19.6 Å². The normalized spacial score (nSPS) is 10.2. The third-order valence-corrected chi connectivity index (χ3v) is 2.84. The Balaban J connectivity index is 2.01. The predicted molar refractivity (Wildman–Crippen MR) is 71.9 cm³/mol. The maximum absolute atomic E-state index is 11.9. The number of nitrogens with zero attached hydrogens (tertiary/aromatic N) is 3. The number of aryl methyl sites for hydroxylation is 1. The Hall–Kier alpha value is -2.90. The SMILES string of the molecule is Cn1ncc(CNC(=O)c2ccc([N+](=O)[O-])cc2)c1N. The third kappa shape index (κ3) is 2.74. The van der Waals surface area contributed by atoms with Crippen LogP contribution in [0, 0.1) is 10.1 Å². The van der Waals surface area contributed by atoms with Crippen LogP contribution in [0.5, 0.6) is 0 Å². The molecular formula is C12H13N5O3. The Morgan fingerprint density at radius 1 is 1.45 bits per heavy atom. The quantitative estimate of drug-likeness (QED) is 0.633. The first-order chi connectivity index (χ1) is 9.49. The molecular weight excluding hydrogens is 262 g/mol. The van der Waals surface area contributed by atoms with Gasteiger partial charge in [-0.05, 0) is 12.1 Å². The molecule has 0 fully saturated rings. The molecule has 2 rings (SSSR count). The molecule has 0 spiro atoms. The number of anilines is 1. The van der Waals surface area contributed by atoms with Crippen LogP contribution in [0.3, 0.4) is 0 Å². The van der Waals surface area contributed by atoms with Crippen LogP contribution in [-0.2, 0) is 13.6 Å². The topological polar surface area (TPSA) is 116 Å². The van der Waals surface area contributed by atoms with Gasteiger partial charge in [-0.1, -0.05) is 0 Å². The molecule has 1 heterocycles. The predicted octanol–water partition coefficient (Wildman–Crippen LogP) is 0.841. The minimum absolute atomic E-state index is 0.0574. The van der Waals surface area contributed by atoms with Crippen molar-refractivity contribution in [3.63, 3.8) is 0 Å². The van der Waals surface area contributed by atoms with E-state index in [9.17, 15) is 14.9 Å². The Morgan fingerprint density at radius 3 is 2.60 bits per heavy atom. The molecule has 1 aromatic heterocycles. The lowest BCUT2D eigenvalue weighted by molar-refractivity contribution is -0.384. The number of nitrogens with one attached hydrogen (secondary N) is 1. The zero-order valence-corrected chi connectivity index (χ0v) is 10.7. The van der Waals surface area contributed by atoms with E-state index in [0.29, 0.717) is 16.9 Å². The van der Waals surface area contributed by atoms with E-state index in [1.165, 1.54) is 28.9 Å². The molecule has 0 saturated heterocycles. The Labute approximate surface area is 114 Å². The van der Waals surface area contributed by atoms with Crippen LogP contribution < -0.4 is 11.1 Å². The zero-order valence-electron chi connectivity index (χ0n) is 10.7. The fraction of sp³-hybridized carbons (Fsp3) is 0.167. The van der Waals surface area contributed by atoms with Gasteiger partial charge in [0, 0.05) is 36.9 Å². The fourth-order valence-electron chi connectivity index (χ4n) is 1.64. The number of hydrogen-bond donors (Lipinski definition) is 2. The van der Waals surface area contributed by atoms with Crippen molar-refractivity contribution in [1.82, 2.24) is 15.1 Å². The second-order valence-electron chi connectivity index (χ2n) is 4.17. The summed E-state index contributed by atoms with van der Waals surface area (Å²) in [6, 6.07) is 5.38. The highest BCUT2D eigenvalue weighted by Crippen LogP contribution is 2.12. The van der Waals surface area contributed by atoms with Crippen molar-refractivity contribution >= 4 is 17.4 Å². The summed E-state index contributed by atoms with van der Waals surface area (Å²) in [5.74, 6) is 0.150. The zero-order chi connectivity index (χ0) is 14.7. The molecule has 8 heteroatoms. The van der Waals surface area contributed by atoms with E-state index >= 15 is 0 Å². The number of non-ortho nitro benzene ring substituents is 1. The number of carbonyl (C=O) groups excluding carboxylic acids is 1. The molecule has 0 saturated carbocycles. The first kappa shape index (κ1) is 13.5. The van der Waals surface area contributed by atoms with Gasteiger partial charge in [-0.2, -0.15) is 5.10 Å². The first-order valence-corrected chi connectivity index (χ1v) is 5.78. The summed E-state index contributed by atoms with van der Waals surface area (Å²) in [6.07, 6.45) is 1.57. The van der Waals surface area contributed by atoms with Crippen LogP contribution in [-0.4, -0.2) is 20.6 Å². The highest BCUT2D eigenvalue weighted by molar-refractivity contribution is 5.94. The maximum Gasteiger partial charge on any atom is 0.269 e. The second kappa shape index (κ2) is 5.39. The molecule has 20 heavy (non-hydrogen) atoms. The first-order valence-electron chi connectivity index (χ1n) is 5.78. The standard InChI is InChI=1S/C12H13N5O3/c1-16-11(13)9(7-15-16)6-14-12(18)8-2-4-10(5-3-8)17(19)20/h2-5,7H,6,13H2,1H3,(H,14,18). The molecule has 2 aromatic rings. The van der Waals surface area contributed by atoms with E-state index in [1.54, 1.807) is 13.2 Å². The Morgan fingerprint density at radius 2 is 2.10 bits per heavy atom. The molecule has 0 aliphatic rings. The van der Waals surface area contributed by atoms with Gasteiger partial charge in [0.25, 0.3) is 11.6 Å². The number of nitrogens with two attached hydrogens (primary N) is 1. The van der Waals surface area contributed by atoms with Gasteiger partial charge in [-0.25, -0.2) is 0 Å². The summed E-state index contributed by atoms with van der Waals surface area (Å²) in [5, 5.41) is 17.2. The molecule has 0 unspecified atom stereocenters. The molecule has 8 nitrogen and oxygen atoms in total. The van der Waals surface area contributed by atoms with Crippen molar-refractivity contribution in [3.8, 4) is 0 Å². The van der Waals surface area contributed by atoms with E-state index < -0.39 is 4.92 Å². The lowest BCUT2D eigenvalue weighted by Gasteiger charge is -2.04.